The Kier molecular flexibility index (Phi) is 4.68. The Morgan fingerprint density at radius 3 is 2.90 bits per heavy atom. The molecule has 0 saturated carbocycles. The SMILES string of the molecule is Cc1noc(C)c1C(C)CN=C(N)N1CCCC(C)C1. The molecule has 2 N–H and O–H groups in total. The van der Waals surface area contributed by atoms with E-state index in [0.717, 1.165) is 30.1 Å². The number of hydrogen-bond acceptors (Lipinski definition) is 3. The molecule has 1 aliphatic heterocycles. The van der Waals surface area contributed by atoms with Crippen LogP contribution in [0, 0.1) is 19.8 Å². The molecule has 0 spiro atoms. The summed E-state index contributed by atoms with van der Waals surface area (Å²) in [4.78, 5) is 6.77. The minimum atomic E-state index is 0.280. The predicted molar refractivity (Wildman–Crippen MR) is 80.9 cm³/mol. The van der Waals surface area contributed by atoms with Crippen LogP contribution in [-0.4, -0.2) is 35.7 Å². The summed E-state index contributed by atoms with van der Waals surface area (Å²) in [5.74, 6) is 2.55. The third-order valence-electron chi connectivity index (χ3n) is 4.09. The molecule has 0 bridgehead atoms. The average Bonchev–Trinajstić information content (AvgIpc) is 2.75. The Bertz CT molecular complexity index is 461. The Morgan fingerprint density at radius 2 is 2.30 bits per heavy atom. The highest BCUT2D eigenvalue weighted by molar-refractivity contribution is 5.78. The lowest BCUT2D eigenvalue weighted by atomic mass is 9.99. The topological polar surface area (TPSA) is 67.6 Å². The van der Waals surface area contributed by atoms with Crippen LogP contribution >= 0.6 is 0 Å². The number of likely N-dealkylation sites (tertiary alicyclic amines) is 1. The number of hydrogen-bond donors (Lipinski definition) is 1. The van der Waals surface area contributed by atoms with Crippen LogP contribution in [0.1, 0.15) is 49.6 Å². The highest BCUT2D eigenvalue weighted by Crippen LogP contribution is 2.23. The summed E-state index contributed by atoms with van der Waals surface area (Å²) in [6.07, 6.45) is 2.50. The van der Waals surface area contributed by atoms with Crippen LogP contribution in [-0.2, 0) is 0 Å². The van der Waals surface area contributed by atoms with E-state index < -0.39 is 0 Å². The van der Waals surface area contributed by atoms with Crippen molar-refractivity contribution in [2.24, 2.45) is 16.6 Å². The zero-order valence-corrected chi connectivity index (χ0v) is 13.0. The van der Waals surface area contributed by atoms with Crippen LogP contribution in [0.3, 0.4) is 0 Å². The first kappa shape index (κ1) is 14.9. The number of aryl methyl sites for hydroxylation is 2. The number of nitrogens with zero attached hydrogens (tertiary/aromatic N) is 3. The second-order valence-corrected chi connectivity index (χ2v) is 6.03. The molecular formula is C15H26N4O. The minimum absolute atomic E-state index is 0.280. The van der Waals surface area contributed by atoms with Gasteiger partial charge in [0.25, 0.3) is 0 Å². The van der Waals surface area contributed by atoms with Gasteiger partial charge in [-0.3, -0.25) is 4.99 Å². The molecule has 0 radical (unpaired) electrons. The molecule has 2 atom stereocenters. The number of rotatable bonds is 3. The van der Waals surface area contributed by atoms with E-state index in [1.807, 2.05) is 13.8 Å². The van der Waals surface area contributed by atoms with Crippen LogP contribution in [0.15, 0.2) is 9.52 Å². The average molecular weight is 278 g/mol. The van der Waals surface area contributed by atoms with Gasteiger partial charge >= 0.3 is 0 Å². The van der Waals surface area contributed by atoms with E-state index >= 15 is 0 Å². The van der Waals surface area contributed by atoms with Gasteiger partial charge in [-0.1, -0.05) is 19.0 Å². The second-order valence-electron chi connectivity index (χ2n) is 6.03. The van der Waals surface area contributed by atoms with Gasteiger partial charge in [0, 0.05) is 31.1 Å². The molecule has 2 rings (SSSR count). The fourth-order valence-corrected chi connectivity index (χ4v) is 3.01. The smallest absolute Gasteiger partial charge is 0.191 e. The molecule has 20 heavy (non-hydrogen) atoms. The van der Waals surface area contributed by atoms with E-state index in [0.29, 0.717) is 18.4 Å². The largest absolute Gasteiger partial charge is 0.370 e. The summed E-state index contributed by atoms with van der Waals surface area (Å²) in [6.45, 7) is 11.1. The van der Waals surface area contributed by atoms with E-state index in [9.17, 15) is 0 Å². The van der Waals surface area contributed by atoms with Crippen molar-refractivity contribution < 1.29 is 4.52 Å². The zero-order chi connectivity index (χ0) is 14.7. The zero-order valence-electron chi connectivity index (χ0n) is 13.0. The summed E-state index contributed by atoms with van der Waals surface area (Å²) in [5.41, 5.74) is 8.24. The van der Waals surface area contributed by atoms with Gasteiger partial charge in [-0.25, -0.2) is 0 Å². The molecule has 5 heteroatoms. The maximum Gasteiger partial charge on any atom is 0.191 e. The molecular weight excluding hydrogens is 252 g/mol. The van der Waals surface area contributed by atoms with Gasteiger partial charge in [0.1, 0.15) is 5.76 Å². The van der Waals surface area contributed by atoms with Gasteiger partial charge in [-0.2, -0.15) is 0 Å². The van der Waals surface area contributed by atoms with Crippen molar-refractivity contribution in [3.63, 3.8) is 0 Å². The lowest BCUT2D eigenvalue weighted by molar-refractivity contribution is 0.270. The maximum atomic E-state index is 6.13. The van der Waals surface area contributed by atoms with Crippen molar-refractivity contribution in [2.45, 2.75) is 46.5 Å². The quantitative estimate of drug-likeness (QED) is 0.681. The van der Waals surface area contributed by atoms with E-state index in [1.165, 1.54) is 12.8 Å². The van der Waals surface area contributed by atoms with E-state index in [1.54, 1.807) is 0 Å². The van der Waals surface area contributed by atoms with Crippen molar-refractivity contribution in [1.82, 2.24) is 10.1 Å². The molecule has 2 unspecified atom stereocenters. The summed E-state index contributed by atoms with van der Waals surface area (Å²) in [7, 11) is 0. The Morgan fingerprint density at radius 1 is 1.55 bits per heavy atom. The molecule has 1 aromatic rings. The maximum absolute atomic E-state index is 6.13. The van der Waals surface area contributed by atoms with Gasteiger partial charge in [0.15, 0.2) is 5.96 Å². The van der Waals surface area contributed by atoms with E-state index in [-0.39, 0.29) is 5.92 Å². The third kappa shape index (κ3) is 3.32. The van der Waals surface area contributed by atoms with Gasteiger partial charge in [0.2, 0.25) is 0 Å². The highest BCUT2D eigenvalue weighted by atomic mass is 16.5. The third-order valence-corrected chi connectivity index (χ3v) is 4.09. The number of nitrogens with two attached hydrogens (primary N) is 1. The normalized spacial score (nSPS) is 22.1. The fraction of sp³-hybridized carbons (Fsp3) is 0.733. The summed E-state index contributed by atoms with van der Waals surface area (Å²) in [5, 5.41) is 4.00. The molecule has 5 nitrogen and oxygen atoms in total. The molecule has 1 aromatic heterocycles. The van der Waals surface area contributed by atoms with Gasteiger partial charge in [0.05, 0.1) is 5.69 Å². The van der Waals surface area contributed by atoms with Crippen LogP contribution < -0.4 is 5.73 Å². The molecule has 112 valence electrons. The fourth-order valence-electron chi connectivity index (χ4n) is 3.01. The van der Waals surface area contributed by atoms with Crippen LogP contribution in [0.5, 0.6) is 0 Å². The lowest BCUT2D eigenvalue weighted by Crippen LogP contribution is -2.43. The molecule has 2 heterocycles. The van der Waals surface area contributed by atoms with Crippen LogP contribution in [0.4, 0.5) is 0 Å². The molecule has 0 aliphatic carbocycles. The Labute approximate surface area is 121 Å². The molecule has 1 saturated heterocycles. The molecule has 1 aliphatic rings. The summed E-state index contributed by atoms with van der Waals surface area (Å²) >= 11 is 0. The molecule has 0 aromatic carbocycles. The van der Waals surface area contributed by atoms with Crippen molar-refractivity contribution in [3.8, 4) is 0 Å². The standard InChI is InChI=1S/C15H26N4O/c1-10-6-5-7-19(9-10)15(16)17-8-11(2)14-12(3)18-20-13(14)4/h10-11H,5-9H2,1-4H3,(H2,16,17). The number of aliphatic imine (C=N–C) groups is 1. The number of guanidine groups is 1. The molecule has 1 fully saturated rings. The van der Waals surface area contributed by atoms with E-state index in [2.05, 4.69) is 28.9 Å². The number of piperidine rings is 1. The monoisotopic (exact) mass is 278 g/mol. The molecule has 0 amide bonds. The van der Waals surface area contributed by atoms with Crippen LogP contribution in [0.2, 0.25) is 0 Å². The number of aromatic nitrogens is 1. The van der Waals surface area contributed by atoms with Crippen molar-refractivity contribution in [1.29, 1.82) is 0 Å². The van der Waals surface area contributed by atoms with E-state index in [4.69, 9.17) is 10.3 Å². The minimum Gasteiger partial charge on any atom is -0.370 e. The van der Waals surface area contributed by atoms with Gasteiger partial charge < -0.3 is 15.2 Å². The summed E-state index contributed by atoms with van der Waals surface area (Å²) < 4.78 is 5.21. The summed E-state index contributed by atoms with van der Waals surface area (Å²) in [6, 6.07) is 0. The van der Waals surface area contributed by atoms with Crippen molar-refractivity contribution >= 4 is 5.96 Å². The predicted octanol–water partition coefficient (Wildman–Crippen LogP) is 2.44. The Balaban J connectivity index is 1.98. The lowest BCUT2D eigenvalue weighted by Gasteiger charge is -2.31. The first-order valence-electron chi connectivity index (χ1n) is 7.46. The Hall–Kier alpha value is -1.52. The first-order valence-corrected chi connectivity index (χ1v) is 7.46. The van der Waals surface area contributed by atoms with Gasteiger partial charge in [-0.05, 0) is 32.6 Å². The van der Waals surface area contributed by atoms with Gasteiger partial charge in [-0.15, -0.1) is 0 Å². The first-order chi connectivity index (χ1) is 9.49. The van der Waals surface area contributed by atoms with Crippen LogP contribution in [0.25, 0.3) is 0 Å². The highest BCUT2D eigenvalue weighted by Gasteiger charge is 2.19. The van der Waals surface area contributed by atoms with Crippen molar-refractivity contribution in [2.75, 3.05) is 19.6 Å². The second kappa shape index (κ2) is 6.29. The van der Waals surface area contributed by atoms with Crippen molar-refractivity contribution in [3.05, 3.63) is 17.0 Å².